The van der Waals surface area contributed by atoms with E-state index in [1.807, 2.05) is 18.7 Å². The standard InChI is InChI=1S/C22H27N3O2/c1-15-11-16(2)21(17(3)12-15)23-14-20(26)24-19-8-6-7-18(13-19)22(27)25-9-4-5-10-25/h6-8,11-13,23H,4-5,9-10,14H2,1-3H3,(H,24,26). The number of anilines is 2. The fourth-order valence-electron chi connectivity index (χ4n) is 3.67. The molecule has 1 aliphatic heterocycles. The van der Waals surface area contributed by atoms with E-state index in [-0.39, 0.29) is 18.4 Å². The summed E-state index contributed by atoms with van der Waals surface area (Å²) >= 11 is 0. The van der Waals surface area contributed by atoms with Crippen LogP contribution in [0.2, 0.25) is 0 Å². The Morgan fingerprint density at radius 1 is 1.00 bits per heavy atom. The summed E-state index contributed by atoms with van der Waals surface area (Å²) in [4.78, 5) is 26.7. The Morgan fingerprint density at radius 3 is 2.33 bits per heavy atom. The van der Waals surface area contributed by atoms with Crippen LogP contribution in [0.5, 0.6) is 0 Å². The molecular weight excluding hydrogens is 338 g/mol. The number of carbonyl (C=O) groups is 2. The zero-order chi connectivity index (χ0) is 19.4. The number of likely N-dealkylation sites (tertiary alicyclic amines) is 1. The Balaban J connectivity index is 1.61. The maximum absolute atomic E-state index is 12.5. The summed E-state index contributed by atoms with van der Waals surface area (Å²) in [6, 6.07) is 11.4. The summed E-state index contributed by atoms with van der Waals surface area (Å²) < 4.78 is 0. The summed E-state index contributed by atoms with van der Waals surface area (Å²) in [7, 11) is 0. The topological polar surface area (TPSA) is 61.4 Å². The molecule has 5 heteroatoms. The van der Waals surface area contributed by atoms with Gasteiger partial charge in [0.1, 0.15) is 0 Å². The molecule has 1 saturated heterocycles. The average molecular weight is 365 g/mol. The van der Waals surface area contributed by atoms with Crippen LogP contribution in [-0.2, 0) is 4.79 Å². The second-order valence-electron chi connectivity index (χ2n) is 7.26. The maximum atomic E-state index is 12.5. The predicted molar refractivity (Wildman–Crippen MR) is 109 cm³/mol. The van der Waals surface area contributed by atoms with Gasteiger partial charge >= 0.3 is 0 Å². The van der Waals surface area contributed by atoms with E-state index in [2.05, 4.69) is 29.7 Å². The zero-order valence-electron chi connectivity index (χ0n) is 16.3. The molecule has 3 rings (SSSR count). The van der Waals surface area contributed by atoms with Gasteiger partial charge < -0.3 is 15.5 Å². The predicted octanol–water partition coefficient (Wildman–Crippen LogP) is 3.90. The van der Waals surface area contributed by atoms with Gasteiger partial charge in [-0.25, -0.2) is 0 Å². The normalized spacial score (nSPS) is 13.5. The van der Waals surface area contributed by atoms with Gasteiger partial charge in [-0.3, -0.25) is 9.59 Å². The van der Waals surface area contributed by atoms with Crippen LogP contribution in [0, 0.1) is 20.8 Å². The van der Waals surface area contributed by atoms with Crippen molar-refractivity contribution in [3.63, 3.8) is 0 Å². The second kappa shape index (κ2) is 8.25. The number of amides is 2. The summed E-state index contributed by atoms with van der Waals surface area (Å²) in [6.45, 7) is 7.94. The zero-order valence-corrected chi connectivity index (χ0v) is 16.3. The van der Waals surface area contributed by atoms with Crippen molar-refractivity contribution in [1.29, 1.82) is 0 Å². The molecule has 2 N–H and O–H groups in total. The molecule has 2 amide bonds. The fraction of sp³-hybridized carbons (Fsp3) is 0.364. The van der Waals surface area contributed by atoms with Gasteiger partial charge in [0.25, 0.3) is 5.91 Å². The van der Waals surface area contributed by atoms with Crippen molar-refractivity contribution in [3.05, 3.63) is 58.7 Å². The first-order chi connectivity index (χ1) is 12.9. The number of hydrogen-bond donors (Lipinski definition) is 2. The van der Waals surface area contributed by atoms with E-state index in [1.54, 1.807) is 24.3 Å². The van der Waals surface area contributed by atoms with Gasteiger partial charge in [0.2, 0.25) is 5.91 Å². The van der Waals surface area contributed by atoms with E-state index < -0.39 is 0 Å². The Labute approximate surface area is 160 Å². The Bertz CT molecular complexity index is 831. The molecular formula is C22H27N3O2. The quantitative estimate of drug-likeness (QED) is 0.845. The van der Waals surface area contributed by atoms with E-state index in [0.717, 1.165) is 42.7 Å². The van der Waals surface area contributed by atoms with Gasteiger partial charge in [0.15, 0.2) is 0 Å². The highest BCUT2D eigenvalue weighted by Gasteiger charge is 2.19. The van der Waals surface area contributed by atoms with Crippen LogP contribution in [-0.4, -0.2) is 36.3 Å². The van der Waals surface area contributed by atoms with Gasteiger partial charge in [0, 0.05) is 30.0 Å². The molecule has 5 nitrogen and oxygen atoms in total. The highest BCUT2D eigenvalue weighted by atomic mass is 16.2. The molecule has 0 radical (unpaired) electrons. The summed E-state index contributed by atoms with van der Waals surface area (Å²) in [6.07, 6.45) is 2.12. The van der Waals surface area contributed by atoms with Crippen LogP contribution in [0.25, 0.3) is 0 Å². The van der Waals surface area contributed by atoms with Crippen LogP contribution in [0.4, 0.5) is 11.4 Å². The molecule has 0 aromatic heterocycles. The molecule has 0 spiro atoms. The molecule has 0 unspecified atom stereocenters. The molecule has 0 bridgehead atoms. The third-order valence-electron chi connectivity index (χ3n) is 4.89. The second-order valence-corrected chi connectivity index (χ2v) is 7.26. The van der Waals surface area contributed by atoms with Crippen molar-refractivity contribution in [3.8, 4) is 0 Å². The third-order valence-corrected chi connectivity index (χ3v) is 4.89. The largest absolute Gasteiger partial charge is 0.376 e. The lowest BCUT2D eigenvalue weighted by Gasteiger charge is -2.16. The molecule has 1 aliphatic rings. The molecule has 2 aromatic rings. The fourth-order valence-corrected chi connectivity index (χ4v) is 3.67. The molecule has 2 aromatic carbocycles. The first-order valence-corrected chi connectivity index (χ1v) is 9.45. The lowest BCUT2D eigenvalue weighted by molar-refractivity contribution is -0.114. The summed E-state index contributed by atoms with van der Waals surface area (Å²) in [5.41, 5.74) is 5.71. The van der Waals surface area contributed by atoms with E-state index in [0.29, 0.717) is 11.3 Å². The molecule has 1 fully saturated rings. The van der Waals surface area contributed by atoms with Crippen LogP contribution >= 0.6 is 0 Å². The van der Waals surface area contributed by atoms with Gasteiger partial charge in [0.05, 0.1) is 6.54 Å². The lowest BCUT2D eigenvalue weighted by atomic mass is 10.1. The smallest absolute Gasteiger partial charge is 0.253 e. The minimum absolute atomic E-state index is 0.0348. The lowest BCUT2D eigenvalue weighted by Crippen LogP contribution is -2.27. The van der Waals surface area contributed by atoms with Crippen molar-refractivity contribution in [2.24, 2.45) is 0 Å². The van der Waals surface area contributed by atoms with Crippen molar-refractivity contribution in [1.82, 2.24) is 4.90 Å². The van der Waals surface area contributed by atoms with E-state index in [4.69, 9.17) is 0 Å². The van der Waals surface area contributed by atoms with Crippen molar-refractivity contribution in [2.75, 3.05) is 30.3 Å². The highest BCUT2D eigenvalue weighted by Crippen LogP contribution is 2.22. The van der Waals surface area contributed by atoms with Crippen LogP contribution < -0.4 is 10.6 Å². The molecule has 1 heterocycles. The number of rotatable bonds is 5. The van der Waals surface area contributed by atoms with Gasteiger partial charge in [-0.05, 0) is 62.9 Å². The Morgan fingerprint density at radius 2 is 1.67 bits per heavy atom. The van der Waals surface area contributed by atoms with E-state index in [1.165, 1.54) is 5.56 Å². The molecule has 0 atom stereocenters. The number of benzene rings is 2. The van der Waals surface area contributed by atoms with Crippen molar-refractivity contribution in [2.45, 2.75) is 33.6 Å². The number of hydrogen-bond acceptors (Lipinski definition) is 3. The first kappa shape index (κ1) is 19.0. The Kier molecular flexibility index (Phi) is 5.79. The molecule has 142 valence electrons. The van der Waals surface area contributed by atoms with Crippen molar-refractivity contribution < 1.29 is 9.59 Å². The van der Waals surface area contributed by atoms with E-state index >= 15 is 0 Å². The van der Waals surface area contributed by atoms with Crippen LogP contribution in [0.15, 0.2) is 36.4 Å². The van der Waals surface area contributed by atoms with Gasteiger partial charge in [-0.2, -0.15) is 0 Å². The number of carbonyl (C=O) groups excluding carboxylic acids is 2. The maximum Gasteiger partial charge on any atom is 0.253 e. The van der Waals surface area contributed by atoms with Crippen LogP contribution in [0.1, 0.15) is 39.9 Å². The first-order valence-electron chi connectivity index (χ1n) is 9.45. The molecule has 0 saturated carbocycles. The molecule has 27 heavy (non-hydrogen) atoms. The average Bonchev–Trinajstić information content (AvgIpc) is 3.15. The Hall–Kier alpha value is -2.82. The SMILES string of the molecule is Cc1cc(C)c(NCC(=O)Nc2cccc(C(=O)N3CCCC3)c2)c(C)c1. The highest BCUT2D eigenvalue weighted by molar-refractivity contribution is 5.98. The number of nitrogens with zero attached hydrogens (tertiary/aromatic N) is 1. The summed E-state index contributed by atoms with van der Waals surface area (Å²) in [5.74, 6) is -0.104. The van der Waals surface area contributed by atoms with Crippen LogP contribution in [0.3, 0.4) is 0 Å². The number of aryl methyl sites for hydroxylation is 3. The van der Waals surface area contributed by atoms with Gasteiger partial charge in [-0.1, -0.05) is 23.8 Å². The van der Waals surface area contributed by atoms with E-state index in [9.17, 15) is 9.59 Å². The van der Waals surface area contributed by atoms with Gasteiger partial charge in [-0.15, -0.1) is 0 Å². The monoisotopic (exact) mass is 365 g/mol. The minimum atomic E-state index is -0.139. The minimum Gasteiger partial charge on any atom is -0.376 e. The molecule has 0 aliphatic carbocycles. The van der Waals surface area contributed by atoms with Crippen molar-refractivity contribution >= 4 is 23.2 Å². The summed E-state index contributed by atoms with van der Waals surface area (Å²) in [5, 5.41) is 6.10. The number of nitrogens with one attached hydrogen (secondary N) is 2. The third kappa shape index (κ3) is 4.67.